The van der Waals surface area contributed by atoms with Gasteiger partial charge in [-0.3, -0.25) is 9.59 Å². The summed E-state index contributed by atoms with van der Waals surface area (Å²) in [5, 5.41) is 4.65. The average Bonchev–Trinajstić information content (AvgIpc) is 3.50. The number of hydrogen-bond donors (Lipinski definition) is 0. The summed E-state index contributed by atoms with van der Waals surface area (Å²) in [6, 6.07) is 9.11. The Balaban J connectivity index is 1.40. The minimum absolute atomic E-state index is 0.0943. The Morgan fingerprint density at radius 1 is 0.967 bits per heavy atom. The zero-order valence-corrected chi connectivity index (χ0v) is 18.3. The van der Waals surface area contributed by atoms with Crippen LogP contribution in [0.4, 0.5) is 0 Å². The zero-order chi connectivity index (χ0) is 21.1. The fraction of sp³-hybridized carbons (Fsp3) is 0.286. The van der Waals surface area contributed by atoms with E-state index in [2.05, 4.69) is 4.98 Å². The molecule has 7 nitrogen and oxygen atoms in total. The lowest BCUT2D eigenvalue weighted by Gasteiger charge is -2.34. The van der Waals surface area contributed by atoms with E-state index in [-0.39, 0.29) is 11.8 Å². The van der Waals surface area contributed by atoms with E-state index in [9.17, 15) is 9.59 Å². The highest BCUT2D eigenvalue weighted by molar-refractivity contribution is 7.20. The van der Waals surface area contributed by atoms with Gasteiger partial charge in [0.05, 0.1) is 24.7 Å². The molecule has 3 heterocycles. The van der Waals surface area contributed by atoms with Gasteiger partial charge in [0.25, 0.3) is 11.8 Å². The molecule has 1 aliphatic rings. The SMILES string of the molecule is COc1ccc(C(=O)N2CCN(C(=O)c3csc(-c4cccs4)n3)CC2)c(OC)c1. The number of thiazole rings is 1. The number of carbonyl (C=O) groups is 2. The largest absolute Gasteiger partial charge is 0.497 e. The Hall–Kier alpha value is -2.91. The van der Waals surface area contributed by atoms with E-state index in [1.165, 1.54) is 18.4 Å². The van der Waals surface area contributed by atoms with Crippen LogP contribution in [0.1, 0.15) is 20.8 Å². The first-order valence-corrected chi connectivity index (χ1v) is 11.2. The van der Waals surface area contributed by atoms with Gasteiger partial charge in [0.15, 0.2) is 0 Å². The normalized spacial score (nSPS) is 13.9. The highest BCUT2D eigenvalue weighted by Crippen LogP contribution is 2.29. The van der Waals surface area contributed by atoms with E-state index in [1.54, 1.807) is 51.8 Å². The topological polar surface area (TPSA) is 72.0 Å². The van der Waals surface area contributed by atoms with Crippen LogP contribution in [0.2, 0.25) is 0 Å². The number of ether oxygens (including phenoxy) is 2. The molecule has 1 aliphatic heterocycles. The van der Waals surface area contributed by atoms with Gasteiger partial charge in [-0.1, -0.05) is 6.07 Å². The molecule has 0 unspecified atom stereocenters. The summed E-state index contributed by atoms with van der Waals surface area (Å²) in [6.45, 7) is 1.85. The van der Waals surface area contributed by atoms with Gasteiger partial charge in [0.2, 0.25) is 0 Å². The zero-order valence-electron chi connectivity index (χ0n) is 16.7. The fourth-order valence-electron chi connectivity index (χ4n) is 3.31. The maximum Gasteiger partial charge on any atom is 0.273 e. The van der Waals surface area contributed by atoms with E-state index < -0.39 is 0 Å². The Morgan fingerprint density at radius 2 is 1.70 bits per heavy atom. The predicted octanol–water partition coefficient (Wildman–Crippen LogP) is 3.49. The summed E-state index contributed by atoms with van der Waals surface area (Å²) >= 11 is 3.08. The van der Waals surface area contributed by atoms with Crippen molar-refractivity contribution >= 4 is 34.5 Å². The maximum atomic E-state index is 13.0. The Bertz CT molecular complexity index is 1040. The number of hydrogen-bond acceptors (Lipinski definition) is 7. The van der Waals surface area contributed by atoms with Gasteiger partial charge in [0.1, 0.15) is 22.2 Å². The van der Waals surface area contributed by atoms with Gasteiger partial charge in [-0.15, -0.1) is 22.7 Å². The first-order chi connectivity index (χ1) is 14.6. The predicted molar refractivity (Wildman–Crippen MR) is 117 cm³/mol. The summed E-state index contributed by atoms with van der Waals surface area (Å²) in [6.07, 6.45) is 0. The maximum absolute atomic E-state index is 13.0. The second kappa shape index (κ2) is 8.85. The molecule has 9 heteroatoms. The molecule has 0 aliphatic carbocycles. The second-order valence-corrected chi connectivity index (χ2v) is 8.47. The average molecular weight is 444 g/mol. The molecular formula is C21H21N3O4S2. The highest BCUT2D eigenvalue weighted by Gasteiger charge is 2.28. The Morgan fingerprint density at radius 3 is 2.33 bits per heavy atom. The van der Waals surface area contributed by atoms with Crippen LogP contribution in [0.15, 0.2) is 41.1 Å². The third kappa shape index (κ3) is 4.03. The lowest BCUT2D eigenvalue weighted by Crippen LogP contribution is -2.50. The third-order valence-corrected chi connectivity index (χ3v) is 6.83. The van der Waals surface area contributed by atoms with Crippen LogP contribution < -0.4 is 9.47 Å². The number of amides is 2. The van der Waals surface area contributed by atoms with Crippen molar-refractivity contribution in [3.05, 3.63) is 52.3 Å². The van der Waals surface area contributed by atoms with Crippen LogP contribution in [0.3, 0.4) is 0 Å². The molecule has 0 spiro atoms. The first kappa shape index (κ1) is 20.4. The van der Waals surface area contributed by atoms with Crippen molar-refractivity contribution < 1.29 is 19.1 Å². The van der Waals surface area contributed by atoms with Crippen molar-refractivity contribution in [2.45, 2.75) is 0 Å². The minimum atomic E-state index is -0.116. The van der Waals surface area contributed by atoms with Gasteiger partial charge in [-0.25, -0.2) is 4.98 Å². The number of nitrogens with zero attached hydrogens (tertiary/aromatic N) is 3. The molecule has 2 aromatic heterocycles. The molecule has 2 amide bonds. The quantitative estimate of drug-likeness (QED) is 0.604. The number of benzene rings is 1. The van der Waals surface area contributed by atoms with E-state index in [4.69, 9.17) is 9.47 Å². The van der Waals surface area contributed by atoms with Crippen molar-refractivity contribution in [1.82, 2.24) is 14.8 Å². The highest BCUT2D eigenvalue weighted by atomic mass is 32.1. The minimum Gasteiger partial charge on any atom is -0.497 e. The Kier molecular flexibility index (Phi) is 6.01. The van der Waals surface area contributed by atoms with Gasteiger partial charge < -0.3 is 19.3 Å². The van der Waals surface area contributed by atoms with Crippen LogP contribution in [0.25, 0.3) is 9.88 Å². The molecule has 1 saturated heterocycles. The molecule has 0 saturated carbocycles. The van der Waals surface area contributed by atoms with E-state index >= 15 is 0 Å². The fourth-order valence-corrected chi connectivity index (χ4v) is 4.91. The molecule has 4 rings (SSSR count). The van der Waals surface area contributed by atoms with Crippen LogP contribution in [-0.2, 0) is 0 Å². The van der Waals surface area contributed by atoms with Crippen LogP contribution in [0, 0.1) is 0 Å². The number of aromatic nitrogens is 1. The molecule has 156 valence electrons. The molecule has 1 fully saturated rings. The lowest BCUT2D eigenvalue weighted by atomic mass is 10.1. The molecule has 1 aromatic carbocycles. The van der Waals surface area contributed by atoms with Gasteiger partial charge >= 0.3 is 0 Å². The van der Waals surface area contributed by atoms with Gasteiger partial charge in [-0.2, -0.15) is 0 Å². The molecular weight excluding hydrogens is 422 g/mol. The summed E-state index contributed by atoms with van der Waals surface area (Å²) < 4.78 is 10.5. The first-order valence-electron chi connectivity index (χ1n) is 9.40. The summed E-state index contributed by atoms with van der Waals surface area (Å²) in [5.74, 6) is 0.892. The van der Waals surface area contributed by atoms with Crippen LogP contribution >= 0.6 is 22.7 Å². The van der Waals surface area contributed by atoms with Gasteiger partial charge in [0, 0.05) is 37.6 Å². The standard InChI is InChI=1S/C21H21N3O4S2/c1-27-14-5-6-15(17(12-14)28-2)20(25)23-7-9-24(10-8-23)21(26)16-13-30-19(22-16)18-4-3-11-29-18/h3-6,11-13H,7-10H2,1-2H3. The van der Waals surface area contributed by atoms with Gasteiger partial charge in [-0.05, 0) is 23.6 Å². The van der Waals surface area contributed by atoms with Crippen LogP contribution in [-0.4, -0.2) is 67.0 Å². The van der Waals surface area contributed by atoms with Crippen molar-refractivity contribution in [3.63, 3.8) is 0 Å². The molecule has 0 radical (unpaired) electrons. The molecule has 0 bridgehead atoms. The molecule has 3 aromatic rings. The Labute approximate surface area is 182 Å². The monoisotopic (exact) mass is 443 g/mol. The summed E-state index contributed by atoms with van der Waals surface area (Å²) in [5.41, 5.74) is 0.943. The number of carbonyl (C=O) groups excluding carboxylic acids is 2. The van der Waals surface area contributed by atoms with E-state index in [1.807, 2.05) is 17.5 Å². The lowest BCUT2D eigenvalue weighted by molar-refractivity contribution is 0.0531. The molecule has 0 N–H and O–H groups in total. The van der Waals surface area contributed by atoms with Crippen molar-refractivity contribution in [2.75, 3.05) is 40.4 Å². The van der Waals surface area contributed by atoms with E-state index in [0.29, 0.717) is 48.9 Å². The third-order valence-electron chi connectivity index (χ3n) is 4.95. The number of rotatable bonds is 5. The van der Waals surface area contributed by atoms with Crippen molar-refractivity contribution in [1.29, 1.82) is 0 Å². The van der Waals surface area contributed by atoms with Crippen LogP contribution in [0.5, 0.6) is 11.5 Å². The van der Waals surface area contributed by atoms with Crippen molar-refractivity contribution in [2.24, 2.45) is 0 Å². The molecule has 0 atom stereocenters. The van der Waals surface area contributed by atoms with E-state index in [0.717, 1.165) is 9.88 Å². The molecule has 30 heavy (non-hydrogen) atoms. The summed E-state index contributed by atoms with van der Waals surface area (Å²) in [4.78, 5) is 34.8. The number of methoxy groups -OCH3 is 2. The summed E-state index contributed by atoms with van der Waals surface area (Å²) in [7, 11) is 3.10. The number of piperazine rings is 1. The number of thiophene rings is 1. The second-order valence-electron chi connectivity index (χ2n) is 6.67. The smallest absolute Gasteiger partial charge is 0.273 e. The van der Waals surface area contributed by atoms with Crippen molar-refractivity contribution in [3.8, 4) is 21.4 Å².